The molecule has 26 heavy (non-hydrogen) atoms. The van der Waals surface area contributed by atoms with Crippen LogP contribution in [0.1, 0.15) is 16.8 Å². The van der Waals surface area contributed by atoms with Crippen LogP contribution in [-0.4, -0.2) is 55.3 Å². The number of rotatable bonds is 4. The average Bonchev–Trinajstić information content (AvgIpc) is 2.69. The monoisotopic (exact) mass is 372 g/mol. The van der Waals surface area contributed by atoms with Gasteiger partial charge in [0.2, 0.25) is 10.0 Å². The molecule has 0 atom stereocenters. The summed E-state index contributed by atoms with van der Waals surface area (Å²) >= 11 is 0. The Morgan fingerprint density at radius 2 is 1.81 bits per heavy atom. The first kappa shape index (κ1) is 17.6. The number of nitrogens with zero attached hydrogens (tertiary/aromatic N) is 3. The van der Waals surface area contributed by atoms with Crippen LogP contribution in [0.2, 0.25) is 0 Å². The number of nitrogens with one attached hydrogen (secondary N) is 1. The van der Waals surface area contributed by atoms with Crippen molar-refractivity contribution in [2.45, 2.75) is 24.4 Å². The first-order valence-corrected chi connectivity index (χ1v) is 10.5. The van der Waals surface area contributed by atoms with Crippen LogP contribution in [-0.2, 0) is 29.5 Å². The van der Waals surface area contributed by atoms with Gasteiger partial charge in [0.05, 0.1) is 17.1 Å². The summed E-state index contributed by atoms with van der Waals surface area (Å²) in [6.45, 7) is 5.79. The summed E-state index contributed by atoms with van der Waals surface area (Å²) in [4.78, 5) is 7.08. The summed E-state index contributed by atoms with van der Waals surface area (Å²) in [5.41, 5.74) is 3.15. The highest BCUT2D eigenvalue weighted by Crippen LogP contribution is 2.24. The van der Waals surface area contributed by atoms with Gasteiger partial charge in [-0.1, -0.05) is 18.2 Å². The molecule has 4 rings (SSSR count). The normalized spacial score (nSPS) is 19.2. The second-order valence-corrected chi connectivity index (χ2v) is 8.81. The van der Waals surface area contributed by atoms with Gasteiger partial charge in [-0.05, 0) is 35.7 Å². The van der Waals surface area contributed by atoms with Crippen LogP contribution in [0.5, 0.6) is 0 Å². The molecular formula is C19H24N4O2S. The number of sulfonamides is 1. The molecule has 138 valence electrons. The zero-order valence-electron chi connectivity index (χ0n) is 14.8. The van der Waals surface area contributed by atoms with E-state index in [1.165, 1.54) is 4.31 Å². The molecule has 0 radical (unpaired) electrons. The fourth-order valence-corrected chi connectivity index (χ4v) is 4.98. The van der Waals surface area contributed by atoms with Crippen LogP contribution < -0.4 is 5.32 Å². The van der Waals surface area contributed by atoms with Gasteiger partial charge in [0.15, 0.2) is 0 Å². The van der Waals surface area contributed by atoms with Crippen molar-refractivity contribution in [3.05, 3.63) is 59.4 Å². The van der Waals surface area contributed by atoms with E-state index in [-0.39, 0.29) is 0 Å². The molecule has 0 aliphatic carbocycles. The predicted molar refractivity (Wildman–Crippen MR) is 100 cm³/mol. The maximum absolute atomic E-state index is 13.0. The maximum atomic E-state index is 13.0. The SMILES string of the molecule is O=S(=O)(c1ccc(CN2CCNCC2)cc1)N1CCc2cccnc2C1. The zero-order valence-corrected chi connectivity index (χ0v) is 15.6. The first-order chi connectivity index (χ1) is 12.6. The van der Waals surface area contributed by atoms with Crippen molar-refractivity contribution in [1.82, 2.24) is 19.5 Å². The van der Waals surface area contributed by atoms with E-state index < -0.39 is 10.0 Å². The topological polar surface area (TPSA) is 65.5 Å². The molecule has 0 amide bonds. The zero-order chi connectivity index (χ0) is 18.0. The van der Waals surface area contributed by atoms with Gasteiger partial charge in [-0.25, -0.2) is 8.42 Å². The molecule has 0 unspecified atom stereocenters. The number of hydrogen-bond acceptors (Lipinski definition) is 5. The van der Waals surface area contributed by atoms with E-state index in [1.807, 2.05) is 24.3 Å². The summed E-state index contributed by atoms with van der Waals surface area (Å²) in [7, 11) is -3.48. The largest absolute Gasteiger partial charge is 0.314 e. The van der Waals surface area contributed by atoms with Gasteiger partial charge in [-0.15, -0.1) is 0 Å². The van der Waals surface area contributed by atoms with Gasteiger partial charge in [0, 0.05) is 45.5 Å². The van der Waals surface area contributed by atoms with Crippen LogP contribution in [0, 0.1) is 0 Å². The van der Waals surface area contributed by atoms with Gasteiger partial charge in [0.1, 0.15) is 0 Å². The van der Waals surface area contributed by atoms with Crippen LogP contribution >= 0.6 is 0 Å². The molecule has 1 aromatic heterocycles. The highest BCUT2D eigenvalue weighted by atomic mass is 32.2. The van der Waals surface area contributed by atoms with E-state index in [9.17, 15) is 8.42 Å². The minimum absolute atomic E-state index is 0.348. The number of fused-ring (bicyclic) bond motifs is 1. The van der Waals surface area contributed by atoms with Crippen molar-refractivity contribution in [2.75, 3.05) is 32.7 Å². The fourth-order valence-electron chi connectivity index (χ4n) is 3.58. The molecule has 7 heteroatoms. The Bertz CT molecular complexity index is 861. The summed E-state index contributed by atoms with van der Waals surface area (Å²) in [5, 5.41) is 3.34. The number of piperazine rings is 1. The van der Waals surface area contributed by atoms with E-state index in [2.05, 4.69) is 15.2 Å². The first-order valence-electron chi connectivity index (χ1n) is 9.08. The fraction of sp³-hybridized carbons (Fsp3) is 0.421. The van der Waals surface area contributed by atoms with Gasteiger partial charge in [0.25, 0.3) is 0 Å². The molecule has 6 nitrogen and oxygen atoms in total. The van der Waals surface area contributed by atoms with Crippen molar-refractivity contribution in [3.8, 4) is 0 Å². The Balaban J connectivity index is 1.48. The molecule has 1 aromatic carbocycles. The van der Waals surface area contributed by atoms with Crippen LogP contribution in [0.4, 0.5) is 0 Å². The van der Waals surface area contributed by atoms with Gasteiger partial charge in [-0.3, -0.25) is 9.88 Å². The van der Waals surface area contributed by atoms with E-state index in [4.69, 9.17) is 0 Å². The quantitative estimate of drug-likeness (QED) is 0.875. The lowest BCUT2D eigenvalue weighted by molar-refractivity contribution is 0.233. The second-order valence-electron chi connectivity index (χ2n) is 6.87. The number of pyridine rings is 1. The van der Waals surface area contributed by atoms with Crippen molar-refractivity contribution in [2.24, 2.45) is 0 Å². The summed E-state index contributed by atoms with van der Waals surface area (Å²) in [6, 6.07) is 11.3. The summed E-state index contributed by atoms with van der Waals surface area (Å²) in [5.74, 6) is 0. The van der Waals surface area contributed by atoms with Crippen molar-refractivity contribution >= 4 is 10.0 Å². The highest BCUT2D eigenvalue weighted by Gasteiger charge is 2.28. The molecule has 3 heterocycles. The minimum atomic E-state index is -3.48. The van der Waals surface area contributed by atoms with Gasteiger partial charge >= 0.3 is 0 Å². The van der Waals surface area contributed by atoms with Crippen molar-refractivity contribution in [1.29, 1.82) is 0 Å². The minimum Gasteiger partial charge on any atom is -0.314 e. The second kappa shape index (κ2) is 7.44. The summed E-state index contributed by atoms with van der Waals surface area (Å²) in [6.07, 6.45) is 2.43. The van der Waals surface area contributed by atoms with Gasteiger partial charge in [-0.2, -0.15) is 4.31 Å². The number of benzene rings is 1. The van der Waals surface area contributed by atoms with Crippen LogP contribution in [0.15, 0.2) is 47.5 Å². The highest BCUT2D eigenvalue weighted by molar-refractivity contribution is 7.89. The molecule has 0 spiro atoms. The summed E-state index contributed by atoms with van der Waals surface area (Å²) < 4.78 is 27.5. The molecule has 0 saturated carbocycles. The third-order valence-electron chi connectivity index (χ3n) is 5.12. The molecule has 1 N–H and O–H groups in total. The molecule has 2 aliphatic rings. The lowest BCUT2D eigenvalue weighted by Gasteiger charge is -2.28. The predicted octanol–water partition coefficient (Wildman–Crippen LogP) is 1.23. The van der Waals surface area contributed by atoms with Crippen LogP contribution in [0.3, 0.4) is 0 Å². The number of aromatic nitrogens is 1. The third kappa shape index (κ3) is 3.66. The van der Waals surface area contributed by atoms with E-state index in [1.54, 1.807) is 18.3 Å². The molecule has 2 aliphatic heterocycles. The number of hydrogen-bond donors (Lipinski definition) is 1. The molecule has 1 fully saturated rings. The van der Waals surface area contributed by atoms with Gasteiger partial charge < -0.3 is 5.32 Å². The lowest BCUT2D eigenvalue weighted by atomic mass is 10.1. The lowest BCUT2D eigenvalue weighted by Crippen LogP contribution is -2.42. The van der Waals surface area contributed by atoms with Crippen LogP contribution in [0.25, 0.3) is 0 Å². The Hall–Kier alpha value is -1.80. The maximum Gasteiger partial charge on any atom is 0.243 e. The Kier molecular flexibility index (Phi) is 5.04. The Morgan fingerprint density at radius 1 is 1.04 bits per heavy atom. The third-order valence-corrected chi connectivity index (χ3v) is 6.98. The molecular weight excluding hydrogens is 348 g/mol. The van der Waals surface area contributed by atoms with E-state index in [0.29, 0.717) is 24.4 Å². The Labute approximate surface area is 154 Å². The standard InChI is InChI=1S/C19H24N4O2S/c24-26(25,23-11-7-17-2-1-8-21-19(17)15-23)18-5-3-16(4-6-18)14-22-12-9-20-10-13-22/h1-6,8,20H,7,9-15H2. The van der Waals surface area contributed by atoms with Crippen molar-refractivity contribution < 1.29 is 8.42 Å². The molecule has 1 saturated heterocycles. The van der Waals surface area contributed by atoms with E-state index in [0.717, 1.165) is 49.5 Å². The molecule has 0 bridgehead atoms. The Morgan fingerprint density at radius 3 is 2.58 bits per heavy atom. The average molecular weight is 372 g/mol. The molecule has 2 aromatic rings. The smallest absolute Gasteiger partial charge is 0.243 e. The van der Waals surface area contributed by atoms with E-state index >= 15 is 0 Å². The van der Waals surface area contributed by atoms with Crippen molar-refractivity contribution in [3.63, 3.8) is 0 Å².